The van der Waals surface area contributed by atoms with Crippen LogP contribution in [0.3, 0.4) is 0 Å². The number of nitrogens with one attached hydrogen (secondary N) is 1. The van der Waals surface area contributed by atoms with Crippen molar-refractivity contribution >= 4 is 15.7 Å². The number of nitrogens with zero attached hydrogens (tertiary/aromatic N) is 1. The molecule has 0 bridgehead atoms. The summed E-state index contributed by atoms with van der Waals surface area (Å²) in [4.78, 5) is 14.2. The number of rotatable bonds is 1. The van der Waals surface area contributed by atoms with Gasteiger partial charge in [0.1, 0.15) is 0 Å². The van der Waals surface area contributed by atoms with Crippen LogP contribution in [0.2, 0.25) is 0 Å². The van der Waals surface area contributed by atoms with E-state index in [0.717, 1.165) is 18.8 Å². The van der Waals surface area contributed by atoms with Crippen LogP contribution < -0.4 is 5.32 Å². The summed E-state index contributed by atoms with van der Waals surface area (Å²) in [5.41, 5.74) is 0. The minimum Gasteiger partial charge on any atom is -0.339 e. The number of carbonyl (C=O) groups excluding carboxylic acids is 1. The number of hydrogen-bond acceptors (Lipinski definition) is 4. The van der Waals surface area contributed by atoms with Gasteiger partial charge in [0.25, 0.3) is 0 Å². The number of piperidine rings is 1. The first-order valence-corrected chi connectivity index (χ1v) is 9.62. The molecule has 0 radical (unpaired) electrons. The van der Waals surface area contributed by atoms with Crippen molar-refractivity contribution in [3.05, 3.63) is 0 Å². The highest BCUT2D eigenvalue weighted by atomic mass is 32.2. The maximum Gasteiger partial charge on any atom is 0.239 e. The Morgan fingerprint density at radius 1 is 1.00 bits per heavy atom. The average Bonchev–Trinajstić information content (AvgIpc) is 2.46. The van der Waals surface area contributed by atoms with Crippen molar-refractivity contribution in [3.63, 3.8) is 0 Å². The van der Waals surface area contributed by atoms with Crippen LogP contribution in [-0.4, -0.2) is 55.9 Å². The maximum atomic E-state index is 12.5. The van der Waals surface area contributed by atoms with E-state index in [2.05, 4.69) is 5.32 Å². The maximum absolute atomic E-state index is 12.5. The van der Waals surface area contributed by atoms with E-state index in [1.54, 1.807) is 4.90 Å². The number of sulfone groups is 1. The predicted octanol–water partition coefficient (Wildman–Crippen LogP) is 0.554. The SMILES string of the molecule is O=C(C1CCC2CCCCC2N1)N1CCS(=O)(=O)CC1. The lowest BCUT2D eigenvalue weighted by atomic mass is 9.77. The zero-order valence-corrected chi connectivity index (χ0v) is 12.7. The molecule has 3 unspecified atom stereocenters. The Morgan fingerprint density at radius 2 is 1.70 bits per heavy atom. The van der Waals surface area contributed by atoms with Crippen molar-refractivity contribution in [1.29, 1.82) is 0 Å². The highest BCUT2D eigenvalue weighted by Gasteiger charge is 2.37. The lowest BCUT2D eigenvalue weighted by Crippen LogP contribution is -2.57. The molecule has 2 heterocycles. The summed E-state index contributed by atoms with van der Waals surface area (Å²) in [6, 6.07) is 0.412. The lowest BCUT2D eigenvalue weighted by Gasteiger charge is -2.41. The van der Waals surface area contributed by atoms with Gasteiger partial charge in [0.15, 0.2) is 9.84 Å². The molecule has 1 amide bonds. The first-order chi connectivity index (χ1) is 9.55. The van der Waals surface area contributed by atoms with Crippen LogP contribution in [0.5, 0.6) is 0 Å². The van der Waals surface area contributed by atoms with E-state index in [0.29, 0.717) is 19.1 Å². The summed E-state index contributed by atoms with van der Waals surface area (Å²) in [5.74, 6) is 1.10. The molecule has 20 heavy (non-hydrogen) atoms. The Kier molecular flexibility index (Phi) is 4.04. The van der Waals surface area contributed by atoms with Crippen molar-refractivity contribution < 1.29 is 13.2 Å². The third kappa shape index (κ3) is 3.01. The van der Waals surface area contributed by atoms with Gasteiger partial charge in [-0.2, -0.15) is 0 Å². The largest absolute Gasteiger partial charge is 0.339 e. The Labute approximate surface area is 121 Å². The molecule has 6 heteroatoms. The van der Waals surface area contributed by atoms with Gasteiger partial charge in [0, 0.05) is 19.1 Å². The van der Waals surface area contributed by atoms with Gasteiger partial charge in [-0.25, -0.2) is 8.42 Å². The third-order valence-corrected chi connectivity index (χ3v) is 6.71. The van der Waals surface area contributed by atoms with Crippen LogP contribution in [0.4, 0.5) is 0 Å². The third-order valence-electron chi connectivity index (χ3n) is 5.10. The summed E-state index contributed by atoms with van der Waals surface area (Å²) < 4.78 is 22.9. The summed E-state index contributed by atoms with van der Waals surface area (Å²) in [6.07, 6.45) is 7.11. The highest BCUT2D eigenvalue weighted by molar-refractivity contribution is 7.91. The van der Waals surface area contributed by atoms with E-state index in [-0.39, 0.29) is 23.5 Å². The van der Waals surface area contributed by atoms with E-state index >= 15 is 0 Å². The molecular formula is C14H24N2O3S. The Morgan fingerprint density at radius 3 is 2.45 bits per heavy atom. The van der Waals surface area contributed by atoms with Gasteiger partial charge in [0.2, 0.25) is 5.91 Å². The molecule has 0 aromatic rings. The molecule has 2 aliphatic heterocycles. The van der Waals surface area contributed by atoms with Gasteiger partial charge < -0.3 is 10.2 Å². The van der Waals surface area contributed by atoms with E-state index in [9.17, 15) is 13.2 Å². The van der Waals surface area contributed by atoms with Gasteiger partial charge in [-0.05, 0) is 31.6 Å². The summed E-state index contributed by atoms with van der Waals surface area (Å²) in [7, 11) is -2.91. The zero-order chi connectivity index (χ0) is 14.2. The van der Waals surface area contributed by atoms with E-state index in [4.69, 9.17) is 0 Å². The van der Waals surface area contributed by atoms with Crippen LogP contribution in [-0.2, 0) is 14.6 Å². The second-order valence-corrected chi connectivity index (χ2v) is 8.73. The fraction of sp³-hybridized carbons (Fsp3) is 0.929. The minimum atomic E-state index is -2.91. The normalized spacial score (nSPS) is 37.2. The van der Waals surface area contributed by atoms with Gasteiger partial charge in [-0.1, -0.05) is 12.8 Å². The van der Waals surface area contributed by atoms with Crippen molar-refractivity contribution in [2.24, 2.45) is 5.92 Å². The standard InChI is InChI=1S/C14H24N2O3S/c17-14(16-7-9-20(18,19)10-8-16)13-6-5-11-3-1-2-4-12(11)15-13/h11-13,15H,1-10H2. The molecule has 0 aromatic carbocycles. The first kappa shape index (κ1) is 14.3. The fourth-order valence-electron chi connectivity index (χ4n) is 3.84. The van der Waals surface area contributed by atoms with Crippen LogP contribution in [0.1, 0.15) is 38.5 Å². The second-order valence-electron chi connectivity index (χ2n) is 6.42. The monoisotopic (exact) mass is 300 g/mol. The van der Waals surface area contributed by atoms with Crippen LogP contribution >= 0.6 is 0 Å². The van der Waals surface area contributed by atoms with Crippen molar-refractivity contribution in [3.8, 4) is 0 Å². The Hall–Kier alpha value is -0.620. The Balaban J connectivity index is 1.58. The molecule has 0 aromatic heterocycles. The molecule has 3 aliphatic rings. The topological polar surface area (TPSA) is 66.5 Å². The molecule has 1 N–H and O–H groups in total. The molecule has 1 aliphatic carbocycles. The molecular weight excluding hydrogens is 276 g/mol. The van der Waals surface area contributed by atoms with Crippen molar-refractivity contribution in [2.75, 3.05) is 24.6 Å². The molecule has 3 atom stereocenters. The van der Waals surface area contributed by atoms with Crippen LogP contribution in [0, 0.1) is 5.92 Å². The summed E-state index contributed by atoms with van der Waals surface area (Å²) in [6.45, 7) is 0.737. The van der Waals surface area contributed by atoms with Gasteiger partial charge in [-0.15, -0.1) is 0 Å². The van der Waals surface area contributed by atoms with E-state index in [1.165, 1.54) is 25.7 Å². The first-order valence-electron chi connectivity index (χ1n) is 7.80. The lowest BCUT2D eigenvalue weighted by molar-refractivity contribution is -0.134. The van der Waals surface area contributed by atoms with E-state index < -0.39 is 9.84 Å². The molecule has 2 saturated heterocycles. The fourth-order valence-corrected chi connectivity index (χ4v) is 5.04. The summed E-state index contributed by atoms with van der Waals surface area (Å²) in [5, 5.41) is 3.53. The molecule has 3 rings (SSSR count). The van der Waals surface area contributed by atoms with Crippen molar-refractivity contribution in [1.82, 2.24) is 10.2 Å². The second kappa shape index (κ2) is 5.64. The number of fused-ring (bicyclic) bond motifs is 1. The molecule has 5 nitrogen and oxygen atoms in total. The number of carbonyl (C=O) groups is 1. The molecule has 0 spiro atoms. The van der Waals surface area contributed by atoms with Gasteiger partial charge in [-0.3, -0.25) is 4.79 Å². The van der Waals surface area contributed by atoms with Crippen molar-refractivity contribution in [2.45, 2.75) is 50.6 Å². The molecule has 3 fully saturated rings. The van der Waals surface area contributed by atoms with Gasteiger partial charge in [0.05, 0.1) is 17.5 Å². The zero-order valence-electron chi connectivity index (χ0n) is 11.9. The molecule has 1 saturated carbocycles. The number of amides is 1. The minimum absolute atomic E-state index is 0.0878. The quantitative estimate of drug-likeness (QED) is 0.768. The highest BCUT2D eigenvalue weighted by Crippen LogP contribution is 2.32. The average molecular weight is 300 g/mol. The van der Waals surface area contributed by atoms with Crippen LogP contribution in [0.15, 0.2) is 0 Å². The Bertz CT molecular complexity index is 463. The summed E-state index contributed by atoms with van der Waals surface area (Å²) >= 11 is 0. The smallest absolute Gasteiger partial charge is 0.239 e. The van der Waals surface area contributed by atoms with E-state index in [1.807, 2.05) is 0 Å². The number of hydrogen-bond donors (Lipinski definition) is 1. The predicted molar refractivity (Wildman–Crippen MR) is 77.1 cm³/mol. The molecule has 114 valence electrons. The van der Waals surface area contributed by atoms with Gasteiger partial charge >= 0.3 is 0 Å². The van der Waals surface area contributed by atoms with Crippen LogP contribution in [0.25, 0.3) is 0 Å².